The van der Waals surface area contributed by atoms with Crippen molar-refractivity contribution in [3.8, 4) is 0 Å². The number of amides is 1. The molecule has 6 nitrogen and oxygen atoms in total. The molecule has 3 rings (SSSR count). The molecule has 0 aliphatic carbocycles. The minimum absolute atomic E-state index is 0.248. The molecular formula is C14H21N5OS. The lowest BCUT2D eigenvalue weighted by atomic mass is 9.97. The summed E-state index contributed by atoms with van der Waals surface area (Å²) in [5.74, 6) is 1.04. The maximum absolute atomic E-state index is 12.5. The molecule has 1 saturated heterocycles. The van der Waals surface area contributed by atoms with E-state index in [-0.39, 0.29) is 5.91 Å². The van der Waals surface area contributed by atoms with Gasteiger partial charge in [-0.05, 0) is 40.0 Å². The summed E-state index contributed by atoms with van der Waals surface area (Å²) in [4.78, 5) is 15.3. The van der Waals surface area contributed by atoms with E-state index in [1.165, 1.54) is 17.8 Å². The number of aryl methyl sites for hydroxylation is 2. The van der Waals surface area contributed by atoms with Gasteiger partial charge >= 0.3 is 0 Å². The highest BCUT2D eigenvalue weighted by atomic mass is 32.1. The third kappa shape index (κ3) is 2.79. The van der Waals surface area contributed by atoms with E-state index >= 15 is 0 Å². The molecule has 3 heterocycles. The van der Waals surface area contributed by atoms with Gasteiger partial charge in [0.2, 0.25) is 10.9 Å². The van der Waals surface area contributed by atoms with Crippen molar-refractivity contribution in [3.05, 3.63) is 10.8 Å². The van der Waals surface area contributed by atoms with Crippen molar-refractivity contribution < 1.29 is 4.79 Å². The molecule has 21 heavy (non-hydrogen) atoms. The Labute approximate surface area is 128 Å². The number of likely N-dealkylation sites (tertiary alicyclic amines) is 1. The van der Waals surface area contributed by atoms with Crippen LogP contribution in [-0.4, -0.2) is 42.7 Å². The lowest BCUT2D eigenvalue weighted by molar-refractivity contribution is -0.137. The SMILES string of the molecule is Cc1nnc2sc(CCC(=O)N3C(C)CCCC3C)nn12. The van der Waals surface area contributed by atoms with E-state index in [0.29, 0.717) is 24.9 Å². The number of hydrogen-bond acceptors (Lipinski definition) is 5. The lowest BCUT2D eigenvalue weighted by Gasteiger charge is -2.39. The van der Waals surface area contributed by atoms with Crippen LogP contribution in [0.1, 0.15) is 50.4 Å². The second kappa shape index (κ2) is 5.71. The van der Waals surface area contributed by atoms with E-state index < -0.39 is 0 Å². The Kier molecular flexibility index (Phi) is 3.93. The monoisotopic (exact) mass is 307 g/mol. The number of aromatic nitrogens is 4. The van der Waals surface area contributed by atoms with Crippen LogP contribution in [0.2, 0.25) is 0 Å². The smallest absolute Gasteiger partial charge is 0.234 e. The van der Waals surface area contributed by atoms with Crippen LogP contribution in [0.4, 0.5) is 0 Å². The normalized spacial score (nSPS) is 22.9. The Balaban J connectivity index is 1.64. The van der Waals surface area contributed by atoms with Gasteiger partial charge in [0.1, 0.15) is 5.01 Å². The average molecular weight is 307 g/mol. The van der Waals surface area contributed by atoms with E-state index in [2.05, 4.69) is 34.0 Å². The van der Waals surface area contributed by atoms with Crippen molar-refractivity contribution in [1.82, 2.24) is 24.7 Å². The van der Waals surface area contributed by atoms with E-state index in [9.17, 15) is 4.79 Å². The zero-order valence-corrected chi connectivity index (χ0v) is 13.6. The molecule has 7 heteroatoms. The Morgan fingerprint density at radius 2 is 2.00 bits per heavy atom. The van der Waals surface area contributed by atoms with Crippen molar-refractivity contribution >= 4 is 22.2 Å². The summed E-state index contributed by atoms with van der Waals surface area (Å²) < 4.78 is 1.75. The number of hydrogen-bond donors (Lipinski definition) is 0. The van der Waals surface area contributed by atoms with Crippen LogP contribution >= 0.6 is 11.3 Å². The zero-order valence-electron chi connectivity index (χ0n) is 12.7. The van der Waals surface area contributed by atoms with Crippen molar-refractivity contribution in [3.63, 3.8) is 0 Å². The molecule has 2 aromatic heterocycles. The molecule has 114 valence electrons. The van der Waals surface area contributed by atoms with Crippen LogP contribution in [0, 0.1) is 6.92 Å². The van der Waals surface area contributed by atoms with Gasteiger partial charge in [-0.1, -0.05) is 11.3 Å². The molecule has 0 saturated carbocycles. The first kappa shape index (κ1) is 14.4. The largest absolute Gasteiger partial charge is 0.337 e. The van der Waals surface area contributed by atoms with Gasteiger partial charge in [-0.3, -0.25) is 4.79 Å². The molecule has 2 atom stereocenters. The second-order valence-electron chi connectivity index (χ2n) is 5.87. The van der Waals surface area contributed by atoms with Gasteiger partial charge in [-0.2, -0.15) is 9.61 Å². The van der Waals surface area contributed by atoms with Crippen molar-refractivity contribution in [2.45, 2.75) is 65.0 Å². The Hall–Kier alpha value is -1.50. The summed E-state index contributed by atoms with van der Waals surface area (Å²) in [6, 6.07) is 0.725. The maximum atomic E-state index is 12.5. The molecule has 0 aromatic carbocycles. The molecule has 2 unspecified atom stereocenters. The number of nitrogens with zero attached hydrogens (tertiary/aromatic N) is 5. The fourth-order valence-electron chi connectivity index (χ4n) is 3.11. The van der Waals surface area contributed by atoms with Crippen molar-refractivity contribution in [1.29, 1.82) is 0 Å². The predicted molar refractivity (Wildman–Crippen MR) is 81.3 cm³/mol. The molecule has 0 N–H and O–H groups in total. The van der Waals surface area contributed by atoms with Crippen LogP contribution in [-0.2, 0) is 11.2 Å². The topological polar surface area (TPSA) is 63.4 Å². The summed E-state index contributed by atoms with van der Waals surface area (Å²) in [5.41, 5.74) is 0. The number of carbonyl (C=O) groups excluding carboxylic acids is 1. The summed E-state index contributed by atoms with van der Waals surface area (Å²) in [5, 5.41) is 13.4. The minimum Gasteiger partial charge on any atom is -0.337 e. The van der Waals surface area contributed by atoms with Gasteiger partial charge < -0.3 is 4.90 Å². The van der Waals surface area contributed by atoms with Gasteiger partial charge in [0, 0.05) is 24.9 Å². The minimum atomic E-state index is 0.248. The first-order chi connectivity index (χ1) is 10.1. The summed E-state index contributed by atoms with van der Waals surface area (Å²) in [6.07, 6.45) is 4.67. The highest BCUT2D eigenvalue weighted by molar-refractivity contribution is 7.16. The third-order valence-electron chi connectivity index (χ3n) is 4.22. The molecule has 1 aliphatic heterocycles. The standard InChI is InChI=1S/C14H21N5OS/c1-9-5-4-6-10(2)18(9)13(20)8-7-12-17-19-11(3)15-16-14(19)21-12/h9-10H,4-8H2,1-3H3. The maximum Gasteiger partial charge on any atom is 0.234 e. The summed E-state index contributed by atoms with van der Waals surface area (Å²) in [7, 11) is 0. The molecular weight excluding hydrogens is 286 g/mol. The van der Waals surface area contributed by atoms with Crippen molar-refractivity contribution in [2.75, 3.05) is 0 Å². The highest BCUT2D eigenvalue weighted by Crippen LogP contribution is 2.24. The highest BCUT2D eigenvalue weighted by Gasteiger charge is 2.28. The van der Waals surface area contributed by atoms with Crippen LogP contribution in [0.15, 0.2) is 0 Å². The van der Waals surface area contributed by atoms with Gasteiger partial charge in [-0.25, -0.2) is 0 Å². The summed E-state index contributed by atoms with van der Waals surface area (Å²) >= 11 is 1.52. The Bertz CT molecular complexity index is 639. The quantitative estimate of drug-likeness (QED) is 0.872. The predicted octanol–water partition coefficient (Wildman–Crippen LogP) is 2.22. The number of carbonyl (C=O) groups is 1. The van der Waals surface area contributed by atoms with E-state index in [1.807, 2.05) is 6.92 Å². The van der Waals surface area contributed by atoms with E-state index in [0.717, 1.165) is 28.6 Å². The molecule has 0 radical (unpaired) electrons. The molecule has 0 bridgehead atoms. The van der Waals surface area contributed by atoms with Crippen LogP contribution in [0.25, 0.3) is 4.96 Å². The third-order valence-corrected chi connectivity index (χ3v) is 5.18. The van der Waals surface area contributed by atoms with E-state index in [1.54, 1.807) is 4.52 Å². The molecule has 1 amide bonds. The van der Waals surface area contributed by atoms with Gasteiger partial charge in [0.25, 0.3) is 0 Å². The van der Waals surface area contributed by atoms with Crippen LogP contribution < -0.4 is 0 Å². The first-order valence-corrected chi connectivity index (χ1v) is 8.37. The second-order valence-corrected chi connectivity index (χ2v) is 6.91. The van der Waals surface area contributed by atoms with E-state index in [4.69, 9.17) is 0 Å². The Morgan fingerprint density at radius 3 is 2.67 bits per heavy atom. The summed E-state index contributed by atoms with van der Waals surface area (Å²) in [6.45, 7) is 6.19. The Morgan fingerprint density at radius 1 is 1.29 bits per heavy atom. The molecule has 1 aliphatic rings. The molecule has 1 fully saturated rings. The van der Waals surface area contributed by atoms with Crippen LogP contribution in [0.3, 0.4) is 0 Å². The fourth-order valence-corrected chi connectivity index (χ4v) is 3.99. The molecule has 0 spiro atoms. The lowest BCUT2D eigenvalue weighted by Crippen LogP contribution is -2.47. The molecule has 2 aromatic rings. The van der Waals surface area contributed by atoms with Crippen LogP contribution in [0.5, 0.6) is 0 Å². The number of fused-ring (bicyclic) bond motifs is 1. The van der Waals surface area contributed by atoms with Gasteiger partial charge in [-0.15, -0.1) is 10.2 Å². The van der Waals surface area contributed by atoms with Gasteiger partial charge in [0.05, 0.1) is 0 Å². The number of piperidine rings is 1. The van der Waals surface area contributed by atoms with Crippen molar-refractivity contribution in [2.24, 2.45) is 0 Å². The average Bonchev–Trinajstić information content (AvgIpc) is 2.99. The van der Waals surface area contributed by atoms with Gasteiger partial charge in [0.15, 0.2) is 5.82 Å². The zero-order chi connectivity index (χ0) is 15.0. The first-order valence-electron chi connectivity index (χ1n) is 7.55. The fraction of sp³-hybridized carbons (Fsp3) is 0.714. The number of rotatable bonds is 3.